The first kappa shape index (κ1) is 13.4. The Balaban J connectivity index is 0.000000791. The summed E-state index contributed by atoms with van der Waals surface area (Å²) in [6.07, 6.45) is 4.57. The summed E-state index contributed by atoms with van der Waals surface area (Å²) in [4.78, 5) is 0. The highest BCUT2D eigenvalue weighted by molar-refractivity contribution is 4.77. The Morgan fingerprint density at radius 2 is 1.93 bits per heavy atom. The topological polar surface area (TPSA) is 35.8 Å². The Morgan fingerprint density at radius 1 is 1.36 bits per heavy atom. The van der Waals surface area contributed by atoms with E-state index in [0.29, 0.717) is 5.92 Å². The van der Waals surface area contributed by atoms with Crippen LogP contribution < -0.4 is 5.32 Å². The van der Waals surface area contributed by atoms with Gasteiger partial charge in [-0.1, -0.05) is 20.8 Å². The minimum Gasteiger partial charge on any atom is -0.317 e. The summed E-state index contributed by atoms with van der Waals surface area (Å²) in [5.74, 6) is 1.47. The van der Waals surface area contributed by atoms with Gasteiger partial charge in [0.15, 0.2) is 0 Å². The van der Waals surface area contributed by atoms with Gasteiger partial charge >= 0.3 is 0 Å². The van der Waals surface area contributed by atoms with Crippen molar-refractivity contribution in [2.75, 3.05) is 13.1 Å². The monoisotopic (exact) mass is 196 g/mol. The van der Waals surface area contributed by atoms with Crippen molar-refractivity contribution >= 4 is 0 Å². The van der Waals surface area contributed by atoms with E-state index in [1.54, 1.807) is 0 Å². The highest BCUT2D eigenvalue weighted by Crippen LogP contribution is 2.22. The van der Waals surface area contributed by atoms with Crippen molar-refractivity contribution in [1.29, 1.82) is 5.26 Å². The maximum atomic E-state index is 8.50. The lowest BCUT2D eigenvalue weighted by molar-refractivity contribution is 0.310. The number of piperidine rings is 1. The van der Waals surface area contributed by atoms with Crippen LogP contribution in [0.3, 0.4) is 0 Å². The second-order valence-electron chi connectivity index (χ2n) is 3.90. The van der Waals surface area contributed by atoms with Crippen molar-refractivity contribution in [2.24, 2.45) is 11.8 Å². The van der Waals surface area contributed by atoms with Crippen LogP contribution in [0.5, 0.6) is 0 Å². The summed E-state index contributed by atoms with van der Waals surface area (Å²) in [6.45, 7) is 8.53. The molecule has 14 heavy (non-hydrogen) atoms. The molecule has 82 valence electrons. The molecule has 0 aliphatic carbocycles. The van der Waals surface area contributed by atoms with E-state index < -0.39 is 0 Å². The molecule has 0 aromatic carbocycles. The minimum atomic E-state index is 0.595. The Morgan fingerprint density at radius 3 is 2.43 bits per heavy atom. The van der Waals surface area contributed by atoms with Gasteiger partial charge in [0.05, 0.1) is 6.07 Å². The van der Waals surface area contributed by atoms with Gasteiger partial charge in [0.2, 0.25) is 0 Å². The molecule has 1 N–H and O–H groups in total. The van der Waals surface area contributed by atoms with Crippen LogP contribution in [0.4, 0.5) is 0 Å². The Hall–Kier alpha value is -0.550. The van der Waals surface area contributed by atoms with Crippen LogP contribution in [0.15, 0.2) is 0 Å². The van der Waals surface area contributed by atoms with Crippen molar-refractivity contribution < 1.29 is 0 Å². The van der Waals surface area contributed by atoms with Crippen LogP contribution in [-0.2, 0) is 0 Å². The standard InChI is InChI=1S/C10H18N2.C2H6/c1-9(2-5-11)8-10-3-6-12-7-4-10;1-2/h9-10,12H,2-4,6-8H2,1H3;1-2H3. The number of hydrogen-bond donors (Lipinski definition) is 1. The average Bonchev–Trinajstić information content (AvgIpc) is 2.22. The smallest absolute Gasteiger partial charge is 0.0624 e. The third-order valence-electron chi connectivity index (χ3n) is 2.63. The van der Waals surface area contributed by atoms with Crippen LogP contribution in [0.1, 0.15) is 46.5 Å². The van der Waals surface area contributed by atoms with Gasteiger partial charge in [0.25, 0.3) is 0 Å². The average molecular weight is 196 g/mol. The summed E-state index contributed by atoms with van der Waals surface area (Å²) < 4.78 is 0. The summed E-state index contributed by atoms with van der Waals surface area (Å²) in [6, 6.07) is 2.24. The molecular weight excluding hydrogens is 172 g/mol. The summed E-state index contributed by atoms with van der Waals surface area (Å²) in [5, 5.41) is 11.9. The Bertz CT molecular complexity index is 154. The lowest BCUT2D eigenvalue weighted by atomic mass is 9.87. The molecule has 0 spiro atoms. The molecule has 0 aromatic rings. The van der Waals surface area contributed by atoms with Gasteiger partial charge in [0.1, 0.15) is 0 Å². The van der Waals surface area contributed by atoms with E-state index in [1.165, 1.54) is 32.4 Å². The normalized spacial score (nSPS) is 19.0. The molecule has 1 atom stereocenters. The fraction of sp³-hybridized carbons (Fsp3) is 0.917. The predicted molar refractivity (Wildman–Crippen MR) is 61.0 cm³/mol. The van der Waals surface area contributed by atoms with E-state index in [0.717, 1.165) is 12.3 Å². The van der Waals surface area contributed by atoms with E-state index in [-0.39, 0.29) is 0 Å². The van der Waals surface area contributed by atoms with E-state index in [9.17, 15) is 0 Å². The Labute approximate surface area is 88.7 Å². The molecule has 1 heterocycles. The molecule has 1 fully saturated rings. The van der Waals surface area contributed by atoms with Gasteiger partial charge < -0.3 is 5.32 Å². The molecule has 0 saturated carbocycles. The number of nitrogens with one attached hydrogen (secondary N) is 1. The van der Waals surface area contributed by atoms with Gasteiger partial charge in [-0.2, -0.15) is 5.26 Å². The van der Waals surface area contributed by atoms with Gasteiger partial charge in [-0.3, -0.25) is 0 Å². The first-order valence-electron chi connectivity index (χ1n) is 5.90. The lowest BCUT2D eigenvalue weighted by Crippen LogP contribution is -2.28. The molecule has 1 aliphatic rings. The number of rotatable bonds is 3. The van der Waals surface area contributed by atoms with Crippen molar-refractivity contribution in [3.05, 3.63) is 0 Å². The molecule has 2 nitrogen and oxygen atoms in total. The van der Waals surface area contributed by atoms with Gasteiger partial charge in [0, 0.05) is 6.42 Å². The second kappa shape index (κ2) is 9.02. The molecule has 1 saturated heterocycles. The van der Waals surface area contributed by atoms with Crippen molar-refractivity contribution in [3.63, 3.8) is 0 Å². The largest absolute Gasteiger partial charge is 0.317 e. The zero-order valence-electron chi connectivity index (χ0n) is 9.84. The summed E-state index contributed by atoms with van der Waals surface area (Å²) in [7, 11) is 0. The number of nitriles is 1. The van der Waals surface area contributed by atoms with Gasteiger partial charge in [-0.15, -0.1) is 0 Å². The molecule has 1 rings (SSSR count). The van der Waals surface area contributed by atoms with Crippen LogP contribution >= 0.6 is 0 Å². The molecule has 1 unspecified atom stereocenters. The first-order chi connectivity index (χ1) is 6.83. The van der Waals surface area contributed by atoms with E-state index >= 15 is 0 Å². The maximum absolute atomic E-state index is 8.50. The molecule has 0 amide bonds. The SMILES string of the molecule is CC.CC(CC#N)CC1CCNCC1. The molecule has 1 aliphatic heterocycles. The summed E-state index contributed by atoms with van der Waals surface area (Å²) in [5.41, 5.74) is 0. The second-order valence-corrected chi connectivity index (χ2v) is 3.90. The summed E-state index contributed by atoms with van der Waals surface area (Å²) >= 11 is 0. The quantitative estimate of drug-likeness (QED) is 0.753. The first-order valence-corrected chi connectivity index (χ1v) is 5.90. The van der Waals surface area contributed by atoms with Crippen molar-refractivity contribution in [3.8, 4) is 6.07 Å². The van der Waals surface area contributed by atoms with Crippen LogP contribution in [-0.4, -0.2) is 13.1 Å². The number of hydrogen-bond acceptors (Lipinski definition) is 2. The van der Waals surface area contributed by atoms with E-state index in [4.69, 9.17) is 5.26 Å². The molecule has 0 bridgehead atoms. The van der Waals surface area contributed by atoms with Crippen LogP contribution in [0.25, 0.3) is 0 Å². The van der Waals surface area contributed by atoms with Crippen LogP contribution in [0.2, 0.25) is 0 Å². The number of nitrogens with zero attached hydrogens (tertiary/aromatic N) is 1. The lowest BCUT2D eigenvalue weighted by Gasteiger charge is -2.24. The fourth-order valence-corrected chi connectivity index (χ4v) is 1.93. The van der Waals surface area contributed by atoms with E-state index in [2.05, 4.69) is 18.3 Å². The van der Waals surface area contributed by atoms with Gasteiger partial charge in [-0.05, 0) is 44.2 Å². The molecule has 2 heteroatoms. The van der Waals surface area contributed by atoms with Gasteiger partial charge in [-0.25, -0.2) is 0 Å². The molecule has 0 radical (unpaired) electrons. The molecule has 0 aromatic heterocycles. The highest BCUT2D eigenvalue weighted by atomic mass is 14.9. The zero-order valence-corrected chi connectivity index (χ0v) is 9.84. The fourth-order valence-electron chi connectivity index (χ4n) is 1.93. The third kappa shape index (κ3) is 5.99. The van der Waals surface area contributed by atoms with Crippen LogP contribution in [0, 0.1) is 23.2 Å². The van der Waals surface area contributed by atoms with Crippen molar-refractivity contribution in [2.45, 2.75) is 46.5 Å². The Kier molecular flexibility index (Phi) is 8.67. The zero-order chi connectivity index (χ0) is 10.8. The highest BCUT2D eigenvalue weighted by Gasteiger charge is 2.15. The van der Waals surface area contributed by atoms with Crippen molar-refractivity contribution in [1.82, 2.24) is 5.32 Å². The maximum Gasteiger partial charge on any atom is 0.0624 e. The minimum absolute atomic E-state index is 0.595. The van der Waals surface area contributed by atoms with E-state index in [1.807, 2.05) is 13.8 Å². The third-order valence-corrected chi connectivity index (χ3v) is 2.63. The predicted octanol–water partition coefficient (Wildman–Crippen LogP) is 2.95. The molecular formula is C12H24N2.